The molecule has 0 aromatic heterocycles. The molecule has 2 rings (SSSR count). The molecule has 1 amide bonds. The molecular weight excluding hydrogens is 370 g/mol. The van der Waals surface area contributed by atoms with Gasteiger partial charge in [-0.05, 0) is 59.3 Å². The van der Waals surface area contributed by atoms with Crippen molar-refractivity contribution in [3.8, 4) is 11.8 Å². The highest BCUT2D eigenvalue weighted by Gasteiger charge is 2.09. The van der Waals surface area contributed by atoms with Crippen LogP contribution in [0.1, 0.15) is 6.92 Å². The summed E-state index contributed by atoms with van der Waals surface area (Å²) in [5, 5.41) is 14.8. The number of rotatable bonds is 6. The third-order valence-corrected chi connectivity index (χ3v) is 3.73. The van der Waals surface area contributed by atoms with E-state index in [1.807, 2.05) is 37.3 Å². The van der Waals surface area contributed by atoms with Crippen LogP contribution in [-0.4, -0.2) is 12.5 Å². The zero-order valence-electron chi connectivity index (χ0n) is 13.0. The Bertz CT molecular complexity index is 780. The Hall–Kier alpha value is -2.78. The van der Waals surface area contributed by atoms with Crippen LogP contribution in [0.2, 0.25) is 0 Å². The summed E-state index contributed by atoms with van der Waals surface area (Å²) < 4.78 is 6.18. The van der Waals surface area contributed by atoms with Gasteiger partial charge in [0, 0.05) is 16.4 Å². The Morgan fingerprint density at radius 2 is 1.96 bits per heavy atom. The van der Waals surface area contributed by atoms with Crippen molar-refractivity contribution in [1.29, 1.82) is 5.26 Å². The molecule has 2 N–H and O–H groups in total. The summed E-state index contributed by atoms with van der Waals surface area (Å²) in [4.78, 5) is 12.2. The summed E-state index contributed by atoms with van der Waals surface area (Å²) in [5.74, 6) is 0.239. The number of halogens is 1. The first-order valence-corrected chi connectivity index (χ1v) is 8.09. The van der Waals surface area contributed by atoms with E-state index in [1.165, 1.54) is 6.20 Å². The number of anilines is 2. The highest BCUT2D eigenvalue weighted by molar-refractivity contribution is 9.10. The van der Waals surface area contributed by atoms with Gasteiger partial charge >= 0.3 is 0 Å². The van der Waals surface area contributed by atoms with Gasteiger partial charge in [0.05, 0.1) is 12.3 Å². The maximum atomic E-state index is 12.2. The lowest BCUT2D eigenvalue weighted by atomic mass is 10.2. The third-order valence-electron chi connectivity index (χ3n) is 3.03. The first-order chi connectivity index (χ1) is 11.6. The number of hydrogen-bond acceptors (Lipinski definition) is 4. The molecule has 0 aliphatic rings. The lowest BCUT2D eigenvalue weighted by Crippen LogP contribution is -2.14. The number of para-hydroxylation sites is 1. The molecule has 0 saturated carbocycles. The molecule has 0 fully saturated rings. The van der Waals surface area contributed by atoms with E-state index in [1.54, 1.807) is 24.3 Å². The Morgan fingerprint density at radius 3 is 2.58 bits per heavy atom. The SMILES string of the molecule is CCOc1ccc(NC(=O)/C(C#N)=C\Nc2ccccc2Br)cc1. The predicted molar refractivity (Wildman–Crippen MR) is 97.7 cm³/mol. The Balaban J connectivity index is 2.04. The quantitative estimate of drug-likeness (QED) is 0.573. The van der Waals surface area contributed by atoms with Crippen LogP contribution < -0.4 is 15.4 Å². The minimum atomic E-state index is -0.485. The van der Waals surface area contributed by atoms with Gasteiger partial charge < -0.3 is 15.4 Å². The van der Waals surface area contributed by atoms with Gasteiger partial charge in [-0.3, -0.25) is 4.79 Å². The molecule has 0 atom stereocenters. The Kier molecular flexibility index (Phi) is 6.41. The molecule has 0 aliphatic heterocycles. The number of carbonyl (C=O) groups is 1. The lowest BCUT2D eigenvalue weighted by Gasteiger charge is -2.07. The zero-order valence-corrected chi connectivity index (χ0v) is 14.6. The van der Waals surface area contributed by atoms with Gasteiger partial charge in [-0.15, -0.1) is 0 Å². The van der Waals surface area contributed by atoms with E-state index in [-0.39, 0.29) is 5.57 Å². The fourth-order valence-electron chi connectivity index (χ4n) is 1.88. The summed E-state index contributed by atoms with van der Waals surface area (Å²) >= 11 is 3.39. The fraction of sp³-hybridized carbons (Fsp3) is 0.111. The number of hydrogen-bond donors (Lipinski definition) is 2. The maximum absolute atomic E-state index is 12.2. The predicted octanol–water partition coefficient (Wildman–Crippen LogP) is 4.31. The van der Waals surface area contributed by atoms with Crippen LogP contribution in [0.5, 0.6) is 5.75 Å². The number of nitriles is 1. The van der Waals surface area contributed by atoms with Crippen molar-refractivity contribution in [1.82, 2.24) is 0 Å². The van der Waals surface area contributed by atoms with E-state index < -0.39 is 5.91 Å². The van der Waals surface area contributed by atoms with Crippen LogP contribution in [0.4, 0.5) is 11.4 Å². The molecule has 24 heavy (non-hydrogen) atoms. The molecule has 0 unspecified atom stereocenters. The molecule has 0 saturated heterocycles. The summed E-state index contributed by atoms with van der Waals surface area (Å²) in [6.07, 6.45) is 1.38. The van der Waals surface area contributed by atoms with E-state index >= 15 is 0 Å². The summed E-state index contributed by atoms with van der Waals surface area (Å²) in [6, 6.07) is 16.3. The van der Waals surface area contributed by atoms with Crippen LogP contribution in [-0.2, 0) is 4.79 Å². The van der Waals surface area contributed by atoms with Crippen LogP contribution in [0.25, 0.3) is 0 Å². The Morgan fingerprint density at radius 1 is 1.25 bits per heavy atom. The second kappa shape index (κ2) is 8.75. The van der Waals surface area contributed by atoms with E-state index in [9.17, 15) is 10.1 Å². The van der Waals surface area contributed by atoms with Crippen LogP contribution in [0, 0.1) is 11.3 Å². The Labute approximate surface area is 149 Å². The van der Waals surface area contributed by atoms with Crippen molar-refractivity contribution in [2.75, 3.05) is 17.2 Å². The molecule has 5 nitrogen and oxygen atoms in total. The van der Waals surface area contributed by atoms with Crippen LogP contribution >= 0.6 is 15.9 Å². The molecule has 122 valence electrons. The van der Waals surface area contributed by atoms with Crippen molar-refractivity contribution >= 4 is 33.2 Å². The fourth-order valence-corrected chi connectivity index (χ4v) is 2.28. The van der Waals surface area contributed by atoms with E-state index in [0.29, 0.717) is 12.3 Å². The highest BCUT2D eigenvalue weighted by Crippen LogP contribution is 2.21. The molecule has 0 aliphatic carbocycles. The second-order valence-corrected chi connectivity index (χ2v) is 5.56. The minimum Gasteiger partial charge on any atom is -0.494 e. The number of carbonyl (C=O) groups excluding carboxylic acids is 1. The van der Waals surface area contributed by atoms with Crippen molar-refractivity contribution < 1.29 is 9.53 Å². The van der Waals surface area contributed by atoms with Gasteiger partial charge in [-0.25, -0.2) is 0 Å². The first kappa shape index (κ1) is 17.6. The summed E-state index contributed by atoms with van der Waals surface area (Å²) in [5.41, 5.74) is 1.32. The first-order valence-electron chi connectivity index (χ1n) is 7.29. The summed E-state index contributed by atoms with van der Waals surface area (Å²) in [7, 11) is 0. The van der Waals surface area contributed by atoms with Gasteiger partial charge in [0.15, 0.2) is 0 Å². The lowest BCUT2D eigenvalue weighted by molar-refractivity contribution is -0.112. The van der Waals surface area contributed by atoms with Gasteiger partial charge in [0.2, 0.25) is 0 Å². The van der Waals surface area contributed by atoms with Gasteiger partial charge in [-0.2, -0.15) is 5.26 Å². The van der Waals surface area contributed by atoms with E-state index in [2.05, 4.69) is 26.6 Å². The van der Waals surface area contributed by atoms with Crippen molar-refractivity contribution in [2.45, 2.75) is 6.92 Å². The normalized spacial score (nSPS) is 10.6. The molecule has 2 aromatic rings. The van der Waals surface area contributed by atoms with E-state index in [0.717, 1.165) is 15.9 Å². The highest BCUT2D eigenvalue weighted by atomic mass is 79.9. The smallest absolute Gasteiger partial charge is 0.267 e. The summed E-state index contributed by atoms with van der Waals surface area (Å²) in [6.45, 7) is 2.48. The third kappa shape index (κ3) is 4.86. The molecular formula is C18H16BrN3O2. The van der Waals surface area contributed by atoms with Crippen molar-refractivity contribution in [3.63, 3.8) is 0 Å². The molecule has 0 spiro atoms. The molecule has 2 aromatic carbocycles. The van der Waals surface area contributed by atoms with Crippen LogP contribution in [0.3, 0.4) is 0 Å². The number of ether oxygens (including phenoxy) is 1. The number of amides is 1. The average molecular weight is 386 g/mol. The minimum absolute atomic E-state index is 0.0281. The molecule has 0 bridgehead atoms. The zero-order chi connectivity index (χ0) is 17.4. The standard InChI is InChI=1S/C18H16BrN3O2/c1-2-24-15-9-7-14(8-10-15)22-18(23)13(11-20)12-21-17-6-4-3-5-16(17)19/h3-10,12,21H,2H2,1H3,(H,22,23)/b13-12-. The molecule has 6 heteroatoms. The van der Waals surface area contributed by atoms with E-state index in [4.69, 9.17) is 4.74 Å². The van der Waals surface area contributed by atoms with Crippen molar-refractivity contribution in [3.05, 3.63) is 64.8 Å². The number of benzene rings is 2. The number of nitrogens with one attached hydrogen (secondary N) is 2. The van der Waals surface area contributed by atoms with Gasteiger partial charge in [-0.1, -0.05) is 12.1 Å². The molecule has 0 heterocycles. The second-order valence-electron chi connectivity index (χ2n) is 4.71. The van der Waals surface area contributed by atoms with Gasteiger partial charge in [0.1, 0.15) is 17.4 Å². The molecule has 0 radical (unpaired) electrons. The topological polar surface area (TPSA) is 74.1 Å². The largest absolute Gasteiger partial charge is 0.494 e. The number of nitrogens with zero attached hydrogens (tertiary/aromatic N) is 1. The van der Waals surface area contributed by atoms with Crippen molar-refractivity contribution in [2.24, 2.45) is 0 Å². The monoisotopic (exact) mass is 385 g/mol. The average Bonchev–Trinajstić information content (AvgIpc) is 2.59. The van der Waals surface area contributed by atoms with Gasteiger partial charge in [0.25, 0.3) is 5.91 Å². The van der Waals surface area contributed by atoms with Crippen LogP contribution in [0.15, 0.2) is 64.8 Å². The maximum Gasteiger partial charge on any atom is 0.267 e.